The summed E-state index contributed by atoms with van der Waals surface area (Å²) >= 11 is 0. The summed E-state index contributed by atoms with van der Waals surface area (Å²) in [5.74, 6) is 1.51. The maximum Gasteiger partial charge on any atom is 0.161 e. The van der Waals surface area contributed by atoms with E-state index < -0.39 is 0 Å². The fourth-order valence-corrected chi connectivity index (χ4v) is 4.97. The van der Waals surface area contributed by atoms with Gasteiger partial charge in [-0.25, -0.2) is 0 Å². The first kappa shape index (κ1) is 21.3. The molecule has 31 heavy (non-hydrogen) atoms. The molecule has 0 spiro atoms. The quantitative estimate of drug-likeness (QED) is 0.449. The van der Waals surface area contributed by atoms with Crippen LogP contribution in [0.15, 0.2) is 54.6 Å². The number of allylic oxidation sites excluding steroid dienone is 2. The minimum atomic E-state index is 0.241. The van der Waals surface area contributed by atoms with Crippen LogP contribution in [0.25, 0.3) is 27.5 Å². The van der Waals surface area contributed by atoms with Gasteiger partial charge in [0.2, 0.25) is 0 Å². The van der Waals surface area contributed by atoms with Crippen molar-refractivity contribution in [2.45, 2.75) is 46.0 Å². The van der Waals surface area contributed by atoms with Gasteiger partial charge < -0.3 is 14.6 Å². The predicted octanol–water partition coefficient (Wildman–Crippen LogP) is 7.60. The summed E-state index contributed by atoms with van der Waals surface area (Å²) in [5, 5.41) is 12.3. The van der Waals surface area contributed by atoms with Gasteiger partial charge in [0.05, 0.1) is 14.2 Å². The zero-order chi connectivity index (χ0) is 22.0. The summed E-state index contributed by atoms with van der Waals surface area (Å²) in [6.07, 6.45) is 8.41. The number of hydrogen-bond donors (Lipinski definition) is 1. The molecule has 1 N–H and O–H groups in total. The van der Waals surface area contributed by atoms with Crippen LogP contribution >= 0.6 is 0 Å². The van der Waals surface area contributed by atoms with Crippen LogP contribution < -0.4 is 9.47 Å². The van der Waals surface area contributed by atoms with E-state index in [1.807, 2.05) is 18.2 Å². The Labute approximate surface area is 185 Å². The van der Waals surface area contributed by atoms with Crippen molar-refractivity contribution in [1.29, 1.82) is 0 Å². The number of phenolic OH excluding ortho intramolecular Hbond substituents is 1. The van der Waals surface area contributed by atoms with Gasteiger partial charge in [0.1, 0.15) is 5.75 Å². The van der Waals surface area contributed by atoms with Crippen molar-refractivity contribution in [3.8, 4) is 28.4 Å². The summed E-state index contributed by atoms with van der Waals surface area (Å²) < 4.78 is 11.0. The molecule has 0 amide bonds. The van der Waals surface area contributed by atoms with Crippen molar-refractivity contribution in [1.82, 2.24) is 0 Å². The van der Waals surface area contributed by atoms with Crippen LogP contribution in [0.2, 0.25) is 0 Å². The highest BCUT2D eigenvalue weighted by atomic mass is 16.5. The Kier molecular flexibility index (Phi) is 5.95. The fourth-order valence-electron chi connectivity index (χ4n) is 4.97. The van der Waals surface area contributed by atoms with Gasteiger partial charge in [-0.3, -0.25) is 0 Å². The van der Waals surface area contributed by atoms with Crippen molar-refractivity contribution in [3.05, 3.63) is 60.2 Å². The maximum absolute atomic E-state index is 10.5. The maximum atomic E-state index is 10.5. The Morgan fingerprint density at radius 2 is 1.48 bits per heavy atom. The molecule has 3 aromatic carbocycles. The molecule has 3 aromatic rings. The number of methoxy groups -OCH3 is 2. The minimum absolute atomic E-state index is 0.241. The number of phenols is 1. The van der Waals surface area contributed by atoms with E-state index >= 15 is 0 Å². The van der Waals surface area contributed by atoms with Gasteiger partial charge in [-0.05, 0) is 70.5 Å². The molecule has 1 aliphatic carbocycles. The molecule has 0 unspecified atom stereocenters. The first-order valence-corrected chi connectivity index (χ1v) is 11.2. The zero-order valence-corrected chi connectivity index (χ0v) is 19.0. The van der Waals surface area contributed by atoms with Crippen molar-refractivity contribution < 1.29 is 14.6 Å². The van der Waals surface area contributed by atoms with Crippen molar-refractivity contribution in [3.63, 3.8) is 0 Å². The average Bonchev–Trinajstić information content (AvgIpc) is 2.83. The van der Waals surface area contributed by atoms with E-state index in [1.165, 1.54) is 36.0 Å². The standard InChI is InChI=1S/C28H32O3/c1-5-28(6-2)15-13-19(14-16-28)20-9-7-8-10-21(20)22-11-12-25(29)24-18-27(31-4)26(30-3)17-23(22)24/h7-13,17-18,29H,5-6,14-16H2,1-4H3. The minimum Gasteiger partial charge on any atom is -0.507 e. The normalized spacial score (nSPS) is 15.5. The van der Waals surface area contributed by atoms with Gasteiger partial charge in [0, 0.05) is 5.39 Å². The lowest BCUT2D eigenvalue weighted by Crippen LogP contribution is -2.21. The molecule has 0 saturated carbocycles. The van der Waals surface area contributed by atoms with Crippen LogP contribution in [0.1, 0.15) is 51.5 Å². The van der Waals surface area contributed by atoms with Crippen molar-refractivity contribution >= 4 is 16.3 Å². The van der Waals surface area contributed by atoms with Crippen LogP contribution in [-0.4, -0.2) is 19.3 Å². The molecule has 1 aliphatic rings. The lowest BCUT2D eigenvalue weighted by Gasteiger charge is -2.35. The molecule has 3 heteroatoms. The number of hydrogen-bond acceptors (Lipinski definition) is 3. The Balaban J connectivity index is 1.87. The average molecular weight is 417 g/mol. The SMILES string of the molecule is CCC1(CC)CC=C(c2ccccc2-c2ccc(O)c3cc(OC)c(OC)cc23)CC1. The number of ether oxygens (including phenoxy) is 2. The first-order chi connectivity index (χ1) is 15.1. The van der Waals surface area contributed by atoms with Crippen LogP contribution in [0.5, 0.6) is 17.2 Å². The molecule has 0 aliphatic heterocycles. The number of benzene rings is 3. The van der Waals surface area contributed by atoms with Crippen LogP contribution in [-0.2, 0) is 0 Å². The van der Waals surface area contributed by atoms with E-state index in [0.717, 1.165) is 29.2 Å². The van der Waals surface area contributed by atoms with Crippen LogP contribution in [0.3, 0.4) is 0 Å². The first-order valence-electron chi connectivity index (χ1n) is 11.2. The lowest BCUT2D eigenvalue weighted by atomic mass is 9.70. The second-order valence-corrected chi connectivity index (χ2v) is 8.57. The molecule has 4 rings (SSSR count). The highest BCUT2D eigenvalue weighted by Gasteiger charge is 2.29. The molecular weight excluding hydrogens is 384 g/mol. The van der Waals surface area contributed by atoms with Gasteiger partial charge in [0.15, 0.2) is 11.5 Å². The monoisotopic (exact) mass is 416 g/mol. The van der Waals surface area contributed by atoms with E-state index in [1.54, 1.807) is 20.3 Å². The molecule has 162 valence electrons. The number of rotatable bonds is 6. The third kappa shape index (κ3) is 3.78. The van der Waals surface area contributed by atoms with E-state index in [9.17, 15) is 5.11 Å². The van der Waals surface area contributed by atoms with Crippen molar-refractivity contribution in [2.75, 3.05) is 14.2 Å². The largest absolute Gasteiger partial charge is 0.507 e. The summed E-state index contributed by atoms with van der Waals surface area (Å²) in [4.78, 5) is 0. The lowest BCUT2D eigenvalue weighted by molar-refractivity contribution is 0.238. The Morgan fingerprint density at radius 3 is 2.06 bits per heavy atom. The van der Waals surface area contributed by atoms with Gasteiger partial charge in [0.25, 0.3) is 0 Å². The third-order valence-corrected chi connectivity index (χ3v) is 7.27. The second-order valence-electron chi connectivity index (χ2n) is 8.57. The molecule has 0 bridgehead atoms. The van der Waals surface area contributed by atoms with E-state index in [-0.39, 0.29) is 5.75 Å². The topological polar surface area (TPSA) is 38.7 Å². The molecule has 0 aromatic heterocycles. The van der Waals surface area contributed by atoms with E-state index in [4.69, 9.17) is 9.47 Å². The Hall–Kier alpha value is -2.94. The molecule has 3 nitrogen and oxygen atoms in total. The predicted molar refractivity (Wildman–Crippen MR) is 129 cm³/mol. The van der Waals surface area contributed by atoms with E-state index in [2.05, 4.69) is 44.2 Å². The van der Waals surface area contributed by atoms with Gasteiger partial charge in [-0.1, -0.05) is 63.1 Å². The Morgan fingerprint density at radius 1 is 0.839 bits per heavy atom. The van der Waals surface area contributed by atoms with Crippen LogP contribution in [0, 0.1) is 5.41 Å². The second kappa shape index (κ2) is 8.66. The van der Waals surface area contributed by atoms with Crippen molar-refractivity contribution in [2.24, 2.45) is 5.41 Å². The fraction of sp³-hybridized carbons (Fsp3) is 0.357. The summed E-state index contributed by atoms with van der Waals surface area (Å²) in [7, 11) is 3.25. The Bertz CT molecular complexity index is 1120. The van der Waals surface area contributed by atoms with E-state index in [0.29, 0.717) is 16.9 Å². The molecule has 0 radical (unpaired) electrons. The molecule has 0 saturated heterocycles. The molecule has 0 atom stereocenters. The highest BCUT2D eigenvalue weighted by Crippen LogP contribution is 2.46. The molecule has 0 heterocycles. The number of fused-ring (bicyclic) bond motifs is 1. The zero-order valence-electron chi connectivity index (χ0n) is 19.0. The van der Waals surface area contributed by atoms with Gasteiger partial charge in [-0.2, -0.15) is 0 Å². The summed E-state index contributed by atoms with van der Waals surface area (Å²) in [6, 6.07) is 16.2. The van der Waals surface area contributed by atoms with Gasteiger partial charge in [-0.15, -0.1) is 0 Å². The summed E-state index contributed by atoms with van der Waals surface area (Å²) in [6.45, 7) is 4.64. The smallest absolute Gasteiger partial charge is 0.161 e. The van der Waals surface area contributed by atoms with Gasteiger partial charge >= 0.3 is 0 Å². The third-order valence-electron chi connectivity index (χ3n) is 7.27. The van der Waals surface area contributed by atoms with Crippen LogP contribution in [0.4, 0.5) is 0 Å². The molecular formula is C28H32O3. The summed E-state index contributed by atoms with van der Waals surface area (Å²) in [5.41, 5.74) is 5.44. The number of aromatic hydroxyl groups is 1. The highest BCUT2D eigenvalue weighted by molar-refractivity contribution is 6.03. The molecule has 0 fully saturated rings.